The standard InChI is InChI=1S/C15H13FN2S/c1-10-5-7-12(8-6-10)19-18-14(16)11(2)13-4-3-9-17-15(13)18/h3-9H,1-2H3. The quantitative estimate of drug-likeness (QED) is 0.690. The summed E-state index contributed by atoms with van der Waals surface area (Å²) in [5.74, 6) is -0.237. The number of rotatable bonds is 2. The first kappa shape index (κ1) is 12.2. The van der Waals surface area contributed by atoms with Crippen molar-refractivity contribution in [3.63, 3.8) is 0 Å². The van der Waals surface area contributed by atoms with Gasteiger partial charge in [-0.05, 0) is 50.1 Å². The van der Waals surface area contributed by atoms with Crippen LogP contribution in [0.2, 0.25) is 0 Å². The van der Waals surface area contributed by atoms with Gasteiger partial charge < -0.3 is 0 Å². The summed E-state index contributed by atoms with van der Waals surface area (Å²) < 4.78 is 15.8. The van der Waals surface area contributed by atoms with E-state index in [0.29, 0.717) is 11.2 Å². The molecule has 0 N–H and O–H groups in total. The van der Waals surface area contributed by atoms with Gasteiger partial charge in [-0.2, -0.15) is 4.39 Å². The SMILES string of the molecule is Cc1ccc(Sn2c(F)c(C)c3cccnc32)cc1. The molecule has 0 saturated carbocycles. The summed E-state index contributed by atoms with van der Waals surface area (Å²) >= 11 is 1.35. The van der Waals surface area contributed by atoms with Crippen LogP contribution in [0, 0.1) is 19.8 Å². The molecule has 0 spiro atoms. The summed E-state index contributed by atoms with van der Waals surface area (Å²) in [7, 11) is 0. The molecule has 2 heterocycles. The molecule has 0 aliphatic heterocycles. The van der Waals surface area contributed by atoms with Gasteiger partial charge in [0.2, 0.25) is 5.95 Å². The molecule has 3 rings (SSSR count). The highest BCUT2D eigenvalue weighted by Gasteiger charge is 2.15. The molecule has 0 unspecified atom stereocenters. The molecule has 0 aliphatic carbocycles. The normalized spacial score (nSPS) is 11.1. The zero-order valence-corrected chi connectivity index (χ0v) is 11.5. The Hall–Kier alpha value is -1.81. The van der Waals surface area contributed by atoms with E-state index >= 15 is 0 Å². The van der Waals surface area contributed by atoms with Gasteiger partial charge in [-0.15, -0.1) is 0 Å². The Kier molecular flexibility index (Phi) is 3.03. The summed E-state index contributed by atoms with van der Waals surface area (Å²) in [4.78, 5) is 5.27. The number of halogens is 1. The molecule has 19 heavy (non-hydrogen) atoms. The third kappa shape index (κ3) is 2.12. The number of hydrogen-bond donors (Lipinski definition) is 0. The second-order valence-corrected chi connectivity index (χ2v) is 5.51. The maximum Gasteiger partial charge on any atom is 0.209 e. The Balaban J connectivity index is 2.10. The number of aryl methyl sites for hydroxylation is 2. The highest BCUT2D eigenvalue weighted by atomic mass is 32.2. The van der Waals surface area contributed by atoms with Crippen molar-refractivity contribution in [2.75, 3.05) is 0 Å². The van der Waals surface area contributed by atoms with E-state index in [9.17, 15) is 4.39 Å². The number of fused-ring (bicyclic) bond motifs is 1. The fourth-order valence-electron chi connectivity index (χ4n) is 2.00. The molecule has 0 atom stereocenters. The molecule has 0 aliphatic rings. The maximum atomic E-state index is 14.3. The van der Waals surface area contributed by atoms with Crippen LogP contribution in [-0.2, 0) is 0 Å². The predicted octanol–water partition coefficient (Wildman–Crippen LogP) is 4.35. The van der Waals surface area contributed by atoms with Gasteiger partial charge >= 0.3 is 0 Å². The van der Waals surface area contributed by atoms with E-state index in [1.807, 2.05) is 43.3 Å². The lowest BCUT2D eigenvalue weighted by molar-refractivity contribution is 0.575. The van der Waals surface area contributed by atoms with E-state index in [1.165, 1.54) is 17.5 Å². The third-order valence-electron chi connectivity index (χ3n) is 3.09. The molecular formula is C15H13FN2S. The second kappa shape index (κ2) is 4.70. The zero-order valence-electron chi connectivity index (χ0n) is 10.7. The van der Waals surface area contributed by atoms with E-state index in [-0.39, 0.29) is 5.95 Å². The van der Waals surface area contributed by atoms with E-state index < -0.39 is 0 Å². The van der Waals surface area contributed by atoms with Crippen molar-refractivity contribution >= 4 is 23.0 Å². The van der Waals surface area contributed by atoms with E-state index in [4.69, 9.17) is 0 Å². The lowest BCUT2D eigenvalue weighted by Crippen LogP contribution is -1.92. The van der Waals surface area contributed by atoms with Crippen molar-refractivity contribution in [2.24, 2.45) is 0 Å². The average molecular weight is 272 g/mol. The Morgan fingerprint density at radius 1 is 1.11 bits per heavy atom. The number of hydrogen-bond acceptors (Lipinski definition) is 2. The molecule has 0 saturated heterocycles. The molecule has 0 bridgehead atoms. The van der Waals surface area contributed by atoms with Gasteiger partial charge in [-0.3, -0.25) is 0 Å². The van der Waals surface area contributed by atoms with E-state index in [0.717, 1.165) is 10.3 Å². The minimum atomic E-state index is -0.237. The van der Waals surface area contributed by atoms with Gasteiger partial charge in [-0.1, -0.05) is 17.7 Å². The monoisotopic (exact) mass is 272 g/mol. The summed E-state index contributed by atoms with van der Waals surface area (Å²) in [5, 5.41) is 0.861. The lowest BCUT2D eigenvalue weighted by Gasteiger charge is -2.04. The molecule has 2 aromatic heterocycles. The summed E-state index contributed by atoms with van der Waals surface area (Å²) in [6.07, 6.45) is 1.69. The molecule has 2 nitrogen and oxygen atoms in total. The van der Waals surface area contributed by atoms with Crippen molar-refractivity contribution < 1.29 is 4.39 Å². The summed E-state index contributed by atoms with van der Waals surface area (Å²) in [6, 6.07) is 11.7. The molecular weight excluding hydrogens is 259 g/mol. The van der Waals surface area contributed by atoms with Crippen LogP contribution in [0.25, 0.3) is 11.0 Å². The molecule has 4 heteroatoms. The predicted molar refractivity (Wildman–Crippen MR) is 76.9 cm³/mol. The fourth-order valence-corrected chi connectivity index (χ4v) is 2.91. The third-order valence-corrected chi connectivity index (χ3v) is 4.09. The van der Waals surface area contributed by atoms with Crippen molar-refractivity contribution in [1.29, 1.82) is 0 Å². The van der Waals surface area contributed by atoms with Gasteiger partial charge in [0.15, 0.2) is 5.65 Å². The fraction of sp³-hybridized carbons (Fsp3) is 0.133. The average Bonchev–Trinajstić information content (AvgIpc) is 2.67. The van der Waals surface area contributed by atoms with Crippen LogP contribution >= 0.6 is 11.9 Å². The summed E-state index contributed by atoms with van der Waals surface area (Å²) in [5.41, 5.74) is 2.50. The highest BCUT2D eigenvalue weighted by molar-refractivity contribution is 7.98. The minimum absolute atomic E-state index is 0.237. The van der Waals surface area contributed by atoms with Crippen LogP contribution in [0.4, 0.5) is 4.39 Å². The first-order valence-corrected chi connectivity index (χ1v) is 6.80. The Bertz CT molecular complexity index is 732. The van der Waals surface area contributed by atoms with Gasteiger partial charge in [0, 0.05) is 22.0 Å². The van der Waals surface area contributed by atoms with Gasteiger partial charge in [0.05, 0.1) is 0 Å². The Morgan fingerprint density at radius 3 is 2.58 bits per heavy atom. The van der Waals surface area contributed by atoms with E-state index in [1.54, 1.807) is 17.1 Å². The molecule has 0 amide bonds. The molecule has 0 fully saturated rings. The van der Waals surface area contributed by atoms with Crippen LogP contribution in [0.3, 0.4) is 0 Å². The Labute approximate surface area is 115 Å². The van der Waals surface area contributed by atoms with Crippen molar-refractivity contribution in [2.45, 2.75) is 18.7 Å². The lowest BCUT2D eigenvalue weighted by atomic mass is 10.2. The Morgan fingerprint density at radius 2 is 1.84 bits per heavy atom. The molecule has 1 aromatic carbocycles. The minimum Gasteiger partial charge on any atom is -0.238 e. The van der Waals surface area contributed by atoms with Crippen molar-refractivity contribution in [3.8, 4) is 0 Å². The number of nitrogens with zero attached hydrogens (tertiary/aromatic N) is 2. The van der Waals surface area contributed by atoms with Crippen LogP contribution < -0.4 is 0 Å². The van der Waals surface area contributed by atoms with Gasteiger partial charge in [0.25, 0.3) is 0 Å². The van der Waals surface area contributed by atoms with Crippen LogP contribution in [0.1, 0.15) is 11.1 Å². The van der Waals surface area contributed by atoms with Crippen molar-refractivity contribution in [3.05, 3.63) is 59.7 Å². The van der Waals surface area contributed by atoms with Crippen LogP contribution in [0.5, 0.6) is 0 Å². The van der Waals surface area contributed by atoms with Crippen LogP contribution in [-0.4, -0.2) is 8.96 Å². The smallest absolute Gasteiger partial charge is 0.209 e. The molecule has 3 aromatic rings. The van der Waals surface area contributed by atoms with Gasteiger partial charge in [-0.25, -0.2) is 8.96 Å². The number of aromatic nitrogens is 2. The number of pyridine rings is 1. The topological polar surface area (TPSA) is 17.8 Å². The first-order chi connectivity index (χ1) is 9.16. The first-order valence-electron chi connectivity index (χ1n) is 6.03. The molecule has 96 valence electrons. The number of benzene rings is 1. The largest absolute Gasteiger partial charge is 0.238 e. The summed E-state index contributed by atoms with van der Waals surface area (Å²) in [6.45, 7) is 3.82. The van der Waals surface area contributed by atoms with Crippen LogP contribution in [0.15, 0.2) is 47.5 Å². The van der Waals surface area contributed by atoms with Gasteiger partial charge in [0.1, 0.15) is 0 Å². The zero-order chi connectivity index (χ0) is 13.4. The second-order valence-electron chi connectivity index (χ2n) is 4.49. The highest BCUT2D eigenvalue weighted by Crippen LogP contribution is 2.30. The molecule has 0 radical (unpaired) electrons. The van der Waals surface area contributed by atoms with Crippen molar-refractivity contribution in [1.82, 2.24) is 8.96 Å². The maximum absolute atomic E-state index is 14.3. The van der Waals surface area contributed by atoms with E-state index in [2.05, 4.69) is 4.98 Å².